The van der Waals surface area contributed by atoms with Crippen LogP contribution in [-0.2, 0) is 6.42 Å². The van der Waals surface area contributed by atoms with Crippen molar-refractivity contribution in [3.63, 3.8) is 0 Å². The highest BCUT2D eigenvalue weighted by atomic mass is 32.1. The van der Waals surface area contributed by atoms with Crippen molar-refractivity contribution in [2.75, 3.05) is 6.54 Å². The molecule has 5 nitrogen and oxygen atoms in total. The maximum absolute atomic E-state index is 13.4. The van der Waals surface area contributed by atoms with Gasteiger partial charge in [-0.25, -0.2) is 4.39 Å². The molecule has 2 aromatic carbocycles. The van der Waals surface area contributed by atoms with Gasteiger partial charge in [-0.05, 0) is 66.8 Å². The third kappa shape index (κ3) is 4.41. The van der Waals surface area contributed by atoms with Crippen LogP contribution in [0.5, 0.6) is 0 Å². The standard InChI is InChI=1S/C22H18FN3O2S/c1-14-10-12-29-19(14)9-11-24-21(27)15-5-7-16(8-6-15)22-25-20(26-28-22)17-3-2-4-18(23)13-17/h2-8,10,12-13H,9,11H2,1H3,(H,24,27). The van der Waals surface area contributed by atoms with Gasteiger partial charge in [0.05, 0.1) is 0 Å². The molecule has 7 heteroatoms. The van der Waals surface area contributed by atoms with Crippen molar-refractivity contribution in [3.8, 4) is 22.8 Å². The first kappa shape index (κ1) is 19.0. The van der Waals surface area contributed by atoms with Crippen LogP contribution in [0.3, 0.4) is 0 Å². The first-order valence-electron chi connectivity index (χ1n) is 9.11. The number of nitrogens with zero attached hydrogens (tertiary/aromatic N) is 2. The third-order valence-electron chi connectivity index (χ3n) is 4.51. The van der Waals surface area contributed by atoms with Gasteiger partial charge >= 0.3 is 0 Å². The highest BCUT2D eigenvalue weighted by molar-refractivity contribution is 7.10. The van der Waals surface area contributed by atoms with E-state index in [-0.39, 0.29) is 11.7 Å². The number of hydrogen-bond acceptors (Lipinski definition) is 5. The second-order valence-corrected chi connectivity index (χ2v) is 7.54. The molecule has 0 saturated heterocycles. The van der Waals surface area contributed by atoms with E-state index in [1.165, 1.54) is 22.6 Å². The zero-order valence-corrected chi connectivity index (χ0v) is 16.5. The SMILES string of the molecule is Cc1ccsc1CCNC(=O)c1ccc(-c2nc(-c3cccc(F)c3)no2)cc1. The molecule has 0 aliphatic rings. The molecule has 2 aromatic heterocycles. The molecule has 146 valence electrons. The van der Waals surface area contributed by atoms with Crippen molar-refractivity contribution < 1.29 is 13.7 Å². The van der Waals surface area contributed by atoms with Gasteiger partial charge in [0.15, 0.2) is 0 Å². The lowest BCUT2D eigenvalue weighted by molar-refractivity contribution is 0.0954. The van der Waals surface area contributed by atoms with Gasteiger partial charge in [-0.1, -0.05) is 17.3 Å². The molecule has 4 aromatic rings. The molecule has 0 radical (unpaired) electrons. The van der Waals surface area contributed by atoms with Gasteiger partial charge in [0.2, 0.25) is 5.82 Å². The first-order valence-corrected chi connectivity index (χ1v) is 9.99. The largest absolute Gasteiger partial charge is 0.352 e. The lowest BCUT2D eigenvalue weighted by atomic mass is 10.1. The molecule has 0 spiro atoms. The van der Waals surface area contributed by atoms with Gasteiger partial charge in [0.25, 0.3) is 11.8 Å². The third-order valence-corrected chi connectivity index (χ3v) is 5.59. The molecule has 0 fully saturated rings. The van der Waals surface area contributed by atoms with Gasteiger partial charge in [-0.2, -0.15) is 4.98 Å². The van der Waals surface area contributed by atoms with E-state index in [4.69, 9.17) is 4.52 Å². The maximum Gasteiger partial charge on any atom is 0.258 e. The number of aryl methyl sites for hydroxylation is 1. The molecule has 1 N–H and O–H groups in total. The van der Waals surface area contributed by atoms with Crippen molar-refractivity contribution in [2.24, 2.45) is 0 Å². The minimum absolute atomic E-state index is 0.128. The van der Waals surface area contributed by atoms with Crippen molar-refractivity contribution >= 4 is 17.2 Å². The van der Waals surface area contributed by atoms with E-state index in [1.54, 1.807) is 47.7 Å². The molecule has 0 aliphatic heterocycles. The van der Waals surface area contributed by atoms with Crippen LogP contribution < -0.4 is 5.32 Å². The maximum atomic E-state index is 13.4. The molecule has 4 rings (SSSR count). The second-order valence-electron chi connectivity index (χ2n) is 6.54. The zero-order chi connectivity index (χ0) is 20.2. The topological polar surface area (TPSA) is 68.0 Å². The molecule has 1 amide bonds. The Morgan fingerprint density at radius 3 is 2.69 bits per heavy atom. The van der Waals surface area contributed by atoms with Crippen molar-refractivity contribution in [2.45, 2.75) is 13.3 Å². The summed E-state index contributed by atoms with van der Waals surface area (Å²) in [7, 11) is 0. The van der Waals surface area contributed by atoms with E-state index < -0.39 is 0 Å². The van der Waals surface area contributed by atoms with Crippen LogP contribution in [0.15, 0.2) is 64.5 Å². The summed E-state index contributed by atoms with van der Waals surface area (Å²) in [6.07, 6.45) is 0.818. The number of thiophene rings is 1. The van der Waals surface area contributed by atoms with Crippen LogP contribution in [0.1, 0.15) is 20.8 Å². The number of hydrogen-bond donors (Lipinski definition) is 1. The summed E-state index contributed by atoms with van der Waals surface area (Å²) >= 11 is 1.70. The summed E-state index contributed by atoms with van der Waals surface area (Å²) in [5.74, 6) is 0.129. The number of aromatic nitrogens is 2. The molecule has 2 heterocycles. The molecule has 0 bridgehead atoms. The summed E-state index contributed by atoms with van der Waals surface area (Å²) in [6.45, 7) is 2.66. The zero-order valence-electron chi connectivity index (χ0n) is 15.7. The molecule has 0 unspecified atom stereocenters. The summed E-state index contributed by atoms with van der Waals surface area (Å²) in [6, 6.07) is 15.0. The Morgan fingerprint density at radius 1 is 1.14 bits per heavy atom. The van der Waals surface area contributed by atoms with Crippen LogP contribution in [0.4, 0.5) is 4.39 Å². The van der Waals surface area contributed by atoms with E-state index in [9.17, 15) is 9.18 Å². The van der Waals surface area contributed by atoms with Gasteiger partial charge in [-0.15, -0.1) is 11.3 Å². The van der Waals surface area contributed by atoms with Gasteiger partial charge < -0.3 is 9.84 Å². The second kappa shape index (κ2) is 8.36. The van der Waals surface area contributed by atoms with Crippen molar-refractivity contribution in [3.05, 3.63) is 81.8 Å². The minimum Gasteiger partial charge on any atom is -0.352 e. The predicted molar refractivity (Wildman–Crippen MR) is 110 cm³/mol. The van der Waals surface area contributed by atoms with Gasteiger partial charge in [-0.3, -0.25) is 4.79 Å². The lowest BCUT2D eigenvalue weighted by Gasteiger charge is -2.05. The van der Waals surface area contributed by atoms with Gasteiger partial charge in [0, 0.05) is 28.1 Å². The quantitative estimate of drug-likeness (QED) is 0.494. The molecular weight excluding hydrogens is 389 g/mol. The van der Waals surface area contributed by atoms with E-state index in [1.807, 2.05) is 0 Å². The molecular formula is C22H18FN3O2S. The predicted octanol–water partition coefficient (Wildman–Crippen LogP) is 4.89. The summed E-state index contributed by atoms with van der Waals surface area (Å²) in [5, 5.41) is 8.90. The van der Waals surface area contributed by atoms with E-state index in [0.29, 0.717) is 35.0 Å². The highest BCUT2D eigenvalue weighted by Crippen LogP contribution is 2.23. The molecule has 29 heavy (non-hydrogen) atoms. The number of halogens is 1. The number of nitrogens with one attached hydrogen (secondary N) is 1. The van der Waals surface area contributed by atoms with Crippen LogP contribution >= 0.6 is 11.3 Å². The Labute approximate surface area is 171 Å². The summed E-state index contributed by atoms with van der Waals surface area (Å²) in [4.78, 5) is 17.9. The Kier molecular flexibility index (Phi) is 5.48. The van der Waals surface area contributed by atoms with Crippen LogP contribution in [-0.4, -0.2) is 22.6 Å². The van der Waals surface area contributed by atoms with E-state index >= 15 is 0 Å². The monoisotopic (exact) mass is 407 g/mol. The molecule has 0 aliphatic carbocycles. The van der Waals surface area contributed by atoms with Gasteiger partial charge in [0.1, 0.15) is 5.82 Å². The number of benzene rings is 2. The molecule has 0 saturated carbocycles. The number of rotatable bonds is 6. The first-order chi connectivity index (χ1) is 14.1. The average molecular weight is 407 g/mol. The van der Waals surface area contributed by atoms with Crippen LogP contribution in [0.25, 0.3) is 22.8 Å². The Morgan fingerprint density at radius 2 is 1.97 bits per heavy atom. The molecule has 0 atom stereocenters. The fraction of sp³-hybridized carbons (Fsp3) is 0.136. The number of amides is 1. The average Bonchev–Trinajstić information content (AvgIpc) is 3.38. The number of carbonyl (C=O) groups excluding carboxylic acids is 1. The Balaban J connectivity index is 1.40. The Bertz CT molecular complexity index is 1130. The normalized spacial score (nSPS) is 10.8. The summed E-state index contributed by atoms with van der Waals surface area (Å²) in [5.41, 5.74) is 3.04. The minimum atomic E-state index is -0.363. The lowest BCUT2D eigenvalue weighted by Crippen LogP contribution is -2.25. The smallest absolute Gasteiger partial charge is 0.258 e. The van der Waals surface area contributed by atoms with Crippen LogP contribution in [0, 0.1) is 12.7 Å². The Hall–Kier alpha value is -3.32. The van der Waals surface area contributed by atoms with E-state index in [2.05, 4.69) is 33.8 Å². The van der Waals surface area contributed by atoms with Crippen LogP contribution in [0.2, 0.25) is 0 Å². The fourth-order valence-corrected chi connectivity index (χ4v) is 3.81. The van der Waals surface area contributed by atoms with Crippen molar-refractivity contribution in [1.82, 2.24) is 15.5 Å². The van der Waals surface area contributed by atoms with Crippen molar-refractivity contribution in [1.29, 1.82) is 0 Å². The number of carbonyl (C=O) groups is 1. The summed E-state index contributed by atoms with van der Waals surface area (Å²) < 4.78 is 18.6. The highest BCUT2D eigenvalue weighted by Gasteiger charge is 2.12. The van der Waals surface area contributed by atoms with E-state index in [0.717, 1.165) is 6.42 Å². The fourth-order valence-electron chi connectivity index (χ4n) is 2.90.